The number of carbonyl (C=O) groups is 2. The molecule has 0 radical (unpaired) electrons. The number of nitrogens with one attached hydrogen (secondary N) is 2. The van der Waals surface area contributed by atoms with Gasteiger partial charge >= 0.3 is 18.2 Å². The molecule has 1 aromatic rings. The van der Waals surface area contributed by atoms with Crippen molar-refractivity contribution in [3.63, 3.8) is 0 Å². The monoisotopic (exact) mass is 388 g/mol. The predicted octanol–water partition coefficient (Wildman–Crippen LogP) is 2.07. The molecule has 0 spiro atoms. The zero-order valence-corrected chi connectivity index (χ0v) is 14.3. The van der Waals surface area contributed by atoms with Crippen LogP contribution in [0.1, 0.15) is 12.0 Å². The smallest absolute Gasteiger partial charge is 0.416 e. The number of urea groups is 1. The standard InChI is InChI=1S/C17H19F3N2O5/c1-26-15(24)8-12-6-7-13(14(9-23)27-12)22-16(25)21-11-4-2-10(3-5-11)17(18,19)20/h2-7,12-14,23H,8-9H2,1H3,(H2,21,22,25)/t12-,13+,14-/m1/s1. The molecule has 0 saturated heterocycles. The maximum atomic E-state index is 12.5. The van der Waals surface area contributed by atoms with Crippen LogP contribution in [0.15, 0.2) is 36.4 Å². The Bertz CT molecular complexity index is 691. The second-order valence-electron chi connectivity index (χ2n) is 5.76. The summed E-state index contributed by atoms with van der Waals surface area (Å²) in [5.74, 6) is -0.479. The maximum Gasteiger partial charge on any atom is 0.416 e. The summed E-state index contributed by atoms with van der Waals surface area (Å²) in [4.78, 5) is 23.3. The number of amides is 2. The van der Waals surface area contributed by atoms with Crippen LogP contribution in [0.3, 0.4) is 0 Å². The SMILES string of the molecule is COC(=O)C[C@H]1C=C[C@H](NC(=O)Nc2ccc(C(F)(F)F)cc2)[C@@H](CO)O1. The van der Waals surface area contributed by atoms with Crippen LogP contribution < -0.4 is 10.6 Å². The number of alkyl halides is 3. The summed E-state index contributed by atoms with van der Waals surface area (Å²) in [6.45, 7) is -0.409. The largest absolute Gasteiger partial charge is 0.469 e. The minimum Gasteiger partial charge on any atom is -0.469 e. The van der Waals surface area contributed by atoms with E-state index in [-0.39, 0.29) is 12.1 Å². The molecule has 0 saturated carbocycles. The van der Waals surface area contributed by atoms with E-state index >= 15 is 0 Å². The van der Waals surface area contributed by atoms with Crippen molar-refractivity contribution in [3.05, 3.63) is 42.0 Å². The number of halogens is 3. The number of rotatable bonds is 5. The van der Waals surface area contributed by atoms with Crippen molar-refractivity contribution < 1.29 is 37.3 Å². The van der Waals surface area contributed by atoms with E-state index in [4.69, 9.17) is 4.74 Å². The van der Waals surface area contributed by atoms with Crippen molar-refractivity contribution in [1.82, 2.24) is 5.32 Å². The van der Waals surface area contributed by atoms with Crippen LogP contribution in [-0.4, -0.2) is 49.1 Å². The second-order valence-corrected chi connectivity index (χ2v) is 5.76. The van der Waals surface area contributed by atoms with E-state index in [9.17, 15) is 27.9 Å². The number of aliphatic hydroxyl groups is 1. The summed E-state index contributed by atoms with van der Waals surface area (Å²) in [6.07, 6.45) is -2.74. The van der Waals surface area contributed by atoms with Gasteiger partial charge in [-0.15, -0.1) is 0 Å². The van der Waals surface area contributed by atoms with E-state index < -0.39 is 48.6 Å². The molecule has 0 aliphatic carbocycles. The first-order valence-corrected chi connectivity index (χ1v) is 7.99. The summed E-state index contributed by atoms with van der Waals surface area (Å²) < 4.78 is 47.7. The van der Waals surface area contributed by atoms with Crippen LogP contribution in [0.5, 0.6) is 0 Å². The molecule has 7 nitrogen and oxygen atoms in total. The van der Waals surface area contributed by atoms with Gasteiger partial charge in [0.2, 0.25) is 0 Å². The third kappa shape index (κ3) is 5.97. The van der Waals surface area contributed by atoms with E-state index in [1.807, 2.05) is 0 Å². The van der Waals surface area contributed by atoms with Crippen LogP contribution in [-0.2, 0) is 20.4 Å². The lowest BCUT2D eigenvalue weighted by molar-refractivity contribution is -0.145. The van der Waals surface area contributed by atoms with Gasteiger partial charge in [0.15, 0.2) is 0 Å². The number of hydrogen-bond acceptors (Lipinski definition) is 5. The van der Waals surface area contributed by atoms with Crippen molar-refractivity contribution in [1.29, 1.82) is 0 Å². The van der Waals surface area contributed by atoms with Gasteiger partial charge in [-0.25, -0.2) is 4.79 Å². The third-order valence-electron chi connectivity index (χ3n) is 3.83. The Morgan fingerprint density at radius 1 is 1.22 bits per heavy atom. The topological polar surface area (TPSA) is 96.9 Å². The fraction of sp³-hybridized carbons (Fsp3) is 0.412. The van der Waals surface area contributed by atoms with Gasteiger partial charge in [0.25, 0.3) is 0 Å². The molecular formula is C17H19F3N2O5. The molecule has 3 atom stereocenters. The highest BCUT2D eigenvalue weighted by Crippen LogP contribution is 2.29. The molecule has 1 aromatic carbocycles. The summed E-state index contributed by atoms with van der Waals surface area (Å²) in [7, 11) is 1.24. The van der Waals surface area contributed by atoms with Gasteiger partial charge in [-0.2, -0.15) is 13.2 Å². The molecule has 1 heterocycles. The average Bonchev–Trinajstić information content (AvgIpc) is 2.62. The van der Waals surface area contributed by atoms with Gasteiger partial charge in [-0.3, -0.25) is 4.79 Å². The molecule has 0 unspecified atom stereocenters. The Morgan fingerprint density at radius 2 is 1.89 bits per heavy atom. The maximum absolute atomic E-state index is 12.5. The van der Waals surface area contributed by atoms with Crippen LogP contribution >= 0.6 is 0 Å². The number of methoxy groups -OCH3 is 1. The highest BCUT2D eigenvalue weighted by Gasteiger charge is 2.31. The van der Waals surface area contributed by atoms with Gasteiger partial charge < -0.3 is 25.2 Å². The molecule has 0 fully saturated rings. The van der Waals surface area contributed by atoms with Crippen molar-refractivity contribution in [2.24, 2.45) is 0 Å². The molecule has 148 valence electrons. The lowest BCUT2D eigenvalue weighted by atomic mass is 10.1. The normalized spacial score (nSPS) is 22.2. The predicted molar refractivity (Wildman–Crippen MR) is 88.9 cm³/mol. The van der Waals surface area contributed by atoms with Gasteiger partial charge in [0.05, 0.1) is 37.8 Å². The number of esters is 1. The highest BCUT2D eigenvalue weighted by atomic mass is 19.4. The summed E-state index contributed by atoms with van der Waals surface area (Å²) in [5.41, 5.74) is -0.653. The molecule has 27 heavy (non-hydrogen) atoms. The number of aliphatic hydroxyl groups excluding tert-OH is 1. The van der Waals surface area contributed by atoms with Gasteiger partial charge in [0, 0.05) is 5.69 Å². The highest BCUT2D eigenvalue weighted by molar-refractivity contribution is 5.89. The van der Waals surface area contributed by atoms with Crippen LogP contribution in [0.4, 0.5) is 23.7 Å². The Balaban J connectivity index is 1.94. The van der Waals surface area contributed by atoms with E-state index in [0.717, 1.165) is 24.3 Å². The number of hydrogen-bond donors (Lipinski definition) is 3. The van der Waals surface area contributed by atoms with E-state index in [2.05, 4.69) is 15.4 Å². The van der Waals surface area contributed by atoms with E-state index in [1.165, 1.54) is 7.11 Å². The lowest BCUT2D eigenvalue weighted by Gasteiger charge is -2.31. The number of anilines is 1. The summed E-state index contributed by atoms with van der Waals surface area (Å²) in [5, 5.41) is 14.4. The molecule has 0 bridgehead atoms. The summed E-state index contributed by atoms with van der Waals surface area (Å²) >= 11 is 0. The fourth-order valence-corrected chi connectivity index (χ4v) is 2.44. The van der Waals surface area contributed by atoms with Gasteiger partial charge in [-0.1, -0.05) is 12.2 Å². The molecule has 1 aliphatic rings. The second kappa shape index (κ2) is 8.87. The molecular weight excluding hydrogens is 369 g/mol. The van der Waals surface area contributed by atoms with E-state index in [1.54, 1.807) is 12.2 Å². The molecule has 1 aliphatic heterocycles. The third-order valence-corrected chi connectivity index (χ3v) is 3.83. The van der Waals surface area contributed by atoms with Gasteiger partial charge in [-0.05, 0) is 24.3 Å². The minimum atomic E-state index is -4.46. The molecule has 2 rings (SSSR count). The zero-order valence-electron chi connectivity index (χ0n) is 14.3. The fourth-order valence-electron chi connectivity index (χ4n) is 2.44. The van der Waals surface area contributed by atoms with Crippen molar-refractivity contribution in [3.8, 4) is 0 Å². The lowest BCUT2D eigenvalue weighted by Crippen LogP contribution is -2.49. The first-order valence-electron chi connectivity index (χ1n) is 7.99. The Morgan fingerprint density at radius 3 is 2.44 bits per heavy atom. The Labute approximate surface area is 153 Å². The van der Waals surface area contributed by atoms with Crippen LogP contribution in [0.2, 0.25) is 0 Å². The van der Waals surface area contributed by atoms with Crippen molar-refractivity contribution >= 4 is 17.7 Å². The molecule has 10 heteroatoms. The van der Waals surface area contributed by atoms with Crippen LogP contribution in [0, 0.1) is 0 Å². The average molecular weight is 388 g/mol. The van der Waals surface area contributed by atoms with Gasteiger partial charge in [0.1, 0.15) is 6.10 Å². The molecule has 0 aromatic heterocycles. The van der Waals surface area contributed by atoms with Crippen molar-refractivity contribution in [2.75, 3.05) is 19.0 Å². The van der Waals surface area contributed by atoms with E-state index in [0.29, 0.717) is 0 Å². The summed E-state index contributed by atoms with van der Waals surface area (Å²) in [6, 6.07) is 2.61. The zero-order chi connectivity index (χ0) is 20.0. The van der Waals surface area contributed by atoms with Crippen molar-refractivity contribution in [2.45, 2.75) is 30.8 Å². The Kier molecular flexibility index (Phi) is 6.81. The quantitative estimate of drug-likeness (QED) is 0.530. The molecule has 2 amide bonds. The first kappa shape index (κ1) is 20.7. The Hall–Kier alpha value is -2.59. The first-order chi connectivity index (χ1) is 12.7. The number of benzene rings is 1. The number of ether oxygens (including phenoxy) is 2. The van der Waals surface area contributed by atoms with Crippen LogP contribution in [0.25, 0.3) is 0 Å². The minimum absolute atomic E-state index is 0.0338. The molecule has 3 N–H and O–H groups in total. The number of carbonyl (C=O) groups excluding carboxylic acids is 2.